The van der Waals surface area contributed by atoms with Crippen LogP contribution in [0.5, 0.6) is 0 Å². The van der Waals surface area contributed by atoms with E-state index < -0.39 is 0 Å². The van der Waals surface area contributed by atoms with Crippen LogP contribution in [-0.4, -0.2) is 57.7 Å². The van der Waals surface area contributed by atoms with Crippen LogP contribution in [0.3, 0.4) is 0 Å². The Labute approximate surface area is 166 Å². The fourth-order valence-electron chi connectivity index (χ4n) is 3.18. The number of nitrogens with zero attached hydrogens (tertiary/aromatic N) is 4. The molecule has 1 N–H and O–H groups in total. The molecule has 0 bridgehead atoms. The molecule has 2 fully saturated rings. The second-order valence-corrected chi connectivity index (χ2v) is 8.45. The summed E-state index contributed by atoms with van der Waals surface area (Å²) in [6, 6.07) is 3.78. The van der Waals surface area contributed by atoms with E-state index in [1.807, 2.05) is 19.1 Å². The van der Waals surface area contributed by atoms with Crippen molar-refractivity contribution in [1.29, 1.82) is 0 Å². The molecule has 0 saturated carbocycles. The number of thiocarbonyl (C=S) groups is 1. The molecule has 4 heterocycles. The number of aryl methyl sites for hydroxylation is 1. The number of carbonyl (C=O) groups is 1. The fourth-order valence-corrected chi connectivity index (χ4v) is 4.21. The van der Waals surface area contributed by atoms with E-state index >= 15 is 0 Å². The maximum absolute atomic E-state index is 13.3. The number of rotatable bonds is 2. The van der Waals surface area contributed by atoms with Crippen LogP contribution in [0.25, 0.3) is 11.7 Å². The van der Waals surface area contributed by atoms with Crippen molar-refractivity contribution in [2.75, 3.05) is 38.1 Å². The fraction of sp³-hybridized carbons (Fsp3) is 0.333. The first kappa shape index (κ1) is 18.1. The van der Waals surface area contributed by atoms with Crippen molar-refractivity contribution in [2.24, 2.45) is 0 Å². The molecule has 2 aromatic rings. The largest absolute Gasteiger partial charge is 0.353 e. The first-order chi connectivity index (χ1) is 12.9. The second kappa shape index (κ2) is 7.06. The van der Waals surface area contributed by atoms with Crippen molar-refractivity contribution in [3.63, 3.8) is 0 Å². The normalized spacial score (nSPS) is 19.9. The molecule has 140 valence electrons. The Morgan fingerprint density at radius 1 is 1.22 bits per heavy atom. The van der Waals surface area contributed by atoms with Gasteiger partial charge in [0.1, 0.15) is 15.8 Å². The summed E-state index contributed by atoms with van der Waals surface area (Å²) in [4.78, 5) is 34.9. The van der Waals surface area contributed by atoms with E-state index in [2.05, 4.69) is 22.2 Å². The Bertz CT molecular complexity index is 1040. The summed E-state index contributed by atoms with van der Waals surface area (Å²) >= 11 is 6.23. The van der Waals surface area contributed by atoms with Gasteiger partial charge in [-0.25, -0.2) is 4.98 Å². The zero-order valence-electron chi connectivity index (χ0n) is 15.1. The molecule has 0 atom stereocenters. The SMILES string of the molecule is Cc1ccc2nc(N3CCN(C)CC3)c(/C=C3\SC(=S)NC3=O)c(=O)n2c1. The monoisotopic (exact) mass is 401 g/mol. The summed E-state index contributed by atoms with van der Waals surface area (Å²) in [5, 5.41) is 2.60. The Morgan fingerprint density at radius 3 is 2.63 bits per heavy atom. The van der Waals surface area contributed by atoms with Gasteiger partial charge in [-0.3, -0.25) is 14.0 Å². The molecule has 2 aromatic heterocycles. The quantitative estimate of drug-likeness (QED) is 0.600. The van der Waals surface area contributed by atoms with Gasteiger partial charge in [0.05, 0.1) is 10.5 Å². The highest BCUT2D eigenvalue weighted by Crippen LogP contribution is 2.28. The standard InChI is InChI=1S/C18H19N5O2S2/c1-11-3-4-14-19-15(22-7-5-21(2)6-8-22)12(17(25)23(14)10-11)9-13-16(24)20-18(26)27-13/h3-4,9-10H,5-8H2,1-2H3,(H,20,24,26)/b13-9-. The molecule has 0 aliphatic carbocycles. The zero-order chi connectivity index (χ0) is 19.1. The summed E-state index contributed by atoms with van der Waals surface area (Å²) < 4.78 is 1.94. The third-order valence-corrected chi connectivity index (χ3v) is 5.87. The van der Waals surface area contributed by atoms with Gasteiger partial charge in [-0.2, -0.15) is 0 Å². The molecule has 2 aliphatic heterocycles. The topological polar surface area (TPSA) is 70.0 Å². The molecule has 4 rings (SSSR count). The molecule has 0 aromatic carbocycles. The van der Waals surface area contributed by atoms with Gasteiger partial charge in [0.2, 0.25) is 0 Å². The number of likely N-dealkylation sites (N-methyl/N-ethyl adjacent to an activating group) is 1. The summed E-state index contributed by atoms with van der Waals surface area (Å²) in [7, 11) is 2.08. The van der Waals surface area contributed by atoms with Crippen molar-refractivity contribution in [1.82, 2.24) is 19.6 Å². The number of hydrogen-bond acceptors (Lipinski definition) is 7. The van der Waals surface area contributed by atoms with Gasteiger partial charge in [-0.1, -0.05) is 30.0 Å². The minimum atomic E-state index is -0.275. The van der Waals surface area contributed by atoms with Gasteiger partial charge in [-0.05, 0) is 31.7 Å². The molecule has 7 nitrogen and oxygen atoms in total. The lowest BCUT2D eigenvalue weighted by atomic mass is 10.2. The van der Waals surface area contributed by atoms with Crippen LogP contribution in [-0.2, 0) is 4.79 Å². The van der Waals surface area contributed by atoms with Crippen molar-refractivity contribution in [3.05, 3.63) is 44.7 Å². The Balaban J connectivity index is 1.90. The lowest BCUT2D eigenvalue weighted by Gasteiger charge is -2.34. The van der Waals surface area contributed by atoms with Crippen LogP contribution in [0.2, 0.25) is 0 Å². The van der Waals surface area contributed by atoms with E-state index in [-0.39, 0.29) is 11.5 Å². The number of amides is 1. The van der Waals surface area contributed by atoms with Gasteiger partial charge in [-0.15, -0.1) is 0 Å². The molecule has 0 spiro atoms. The smallest absolute Gasteiger partial charge is 0.267 e. The maximum atomic E-state index is 13.3. The number of thioether (sulfide) groups is 1. The number of piperazine rings is 1. The number of carbonyl (C=O) groups excluding carboxylic acids is 1. The zero-order valence-corrected chi connectivity index (χ0v) is 16.7. The van der Waals surface area contributed by atoms with E-state index in [1.54, 1.807) is 12.3 Å². The Kier molecular flexibility index (Phi) is 4.75. The summed E-state index contributed by atoms with van der Waals surface area (Å²) in [6.45, 7) is 5.27. The van der Waals surface area contributed by atoms with E-state index in [9.17, 15) is 9.59 Å². The summed E-state index contributed by atoms with van der Waals surface area (Å²) in [5.74, 6) is 0.346. The molecule has 0 radical (unpaired) electrons. The van der Waals surface area contributed by atoms with Gasteiger partial charge in [0.25, 0.3) is 11.5 Å². The minimum Gasteiger partial charge on any atom is -0.353 e. The molecule has 2 aliphatic rings. The molecular weight excluding hydrogens is 382 g/mol. The third-order valence-electron chi connectivity index (χ3n) is 4.71. The van der Waals surface area contributed by atoms with Crippen molar-refractivity contribution < 1.29 is 4.79 Å². The van der Waals surface area contributed by atoms with Crippen LogP contribution in [0.1, 0.15) is 11.1 Å². The van der Waals surface area contributed by atoms with Crippen LogP contribution >= 0.6 is 24.0 Å². The summed E-state index contributed by atoms with van der Waals surface area (Å²) in [6.07, 6.45) is 3.39. The van der Waals surface area contributed by atoms with Crippen LogP contribution in [0.15, 0.2) is 28.0 Å². The van der Waals surface area contributed by atoms with Crippen molar-refractivity contribution >= 4 is 51.7 Å². The van der Waals surface area contributed by atoms with Gasteiger partial charge in [0, 0.05) is 32.4 Å². The lowest BCUT2D eigenvalue weighted by molar-refractivity contribution is -0.115. The first-order valence-electron chi connectivity index (χ1n) is 8.64. The number of hydrogen-bond donors (Lipinski definition) is 1. The Hall–Kier alpha value is -2.23. The minimum absolute atomic E-state index is 0.184. The molecule has 1 amide bonds. The molecular formula is C18H19N5O2S2. The van der Waals surface area contributed by atoms with Gasteiger partial charge in [0.15, 0.2) is 0 Å². The molecule has 2 saturated heterocycles. The number of anilines is 1. The molecule has 9 heteroatoms. The average Bonchev–Trinajstić information content (AvgIpc) is 2.95. The van der Waals surface area contributed by atoms with E-state index in [1.165, 1.54) is 16.2 Å². The molecule has 27 heavy (non-hydrogen) atoms. The number of nitrogens with one attached hydrogen (secondary N) is 1. The number of fused-ring (bicyclic) bond motifs is 1. The van der Waals surface area contributed by atoms with Crippen molar-refractivity contribution in [2.45, 2.75) is 6.92 Å². The van der Waals surface area contributed by atoms with Crippen LogP contribution in [0.4, 0.5) is 5.82 Å². The second-order valence-electron chi connectivity index (χ2n) is 6.73. The number of pyridine rings is 1. The van der Waals surface area contributed by atoms with E-state index in [0.717, 1.165) is 31.7 Å². The highest BCUT2D eigenvalue weighted by molar-refractivity contribution is 8.26. The predicted molar refractivity (Wildman–Crippen MR) is 112 cm³/mol. The first-order valence-corrected chi connectivity index (χ1v) is 9.86. The Morgan fingerprint density at radius 2 is 1.96 bits per heavy atom. The van der Waals surface area contributed by atoms with Crippen LogP contribution in [0, 0.1) is 6.92 Å². The average molecular weight is 402 g/mol. The third kappa shape index (κ3) is 3.50. The highest BCUT2D eigenvalue weighted by Gasteiger charge is 2.26. The molecule has 0 unspecified atom stereocenters. The summed E-state index contributed by atoms with van der Waals surface area (Å²) in [5.41, 5.74) is 1.80. The van der Waals surface area contributed by atoms with E-state index in [0.29, 0.717) is 26.3 Å². The predicted octanol–water partition coefficient (Wildman–Crippen LogP) is 1.24. The van der Waals surface area contributed by atoms with Gasteiger partial charge < -0.3 is 15.1 Å². The van der Waals surface area contributed by atoms with E-state index in [4.69, 9.17) is 17.2 Å². The van der Waals surface area contributed by atoms with Crippen molar-refractivity contribution in [3.8, 4) is 0 Å². The highest BCUT2D eigenvalue weighted by atomic mass is 32.2. The van der Waals surface area contributed by atoms with Crippen LogP contribution < -0.4 is 15.8 Å². The lowest BCUT2D eigenvalue weighted by Crippen LogP contribution is -2.45. The number of aromatic nitrogens is 2. The van der Waals surface area contributed by atoms with Gasteiger partial charge >= 0.3 is 0 Å². The maximum Gasteiger partial charge on any atom is 0.267 e.